The Labute approximate surface area is 169 Å². The molecule has 29 heavy (non-hydrogen) atoms. The highest BCUT2D eigenvalue weighted by Gasteiger charge is 2.28. The molecule has 1 aromatic heterocycles. The molecular weight excluding hydrogens is 393 g/mol. The molecule has 3 aromatic rings. The van der Waals surface area contributed by atoms with Gasteiger partial charge in [0.15, 0.2) is 0 Å². The predicted octanol–water partition coefficient (Wildman–Crippen LogP) is 2.77. The monoisotopic (exact) mass is 415 g/mol. The summed E-state index contributed by atoms with van der Waals surface area (Å²) in [6, 6.07) is 12.7. The van der Waals surface area contributed by atoms with Gasteiger partial charge in [0.2, 0.25) is 15.9 Å². The normalized spacial score (nSPS) is 16.1. The SMILES string of the molecule is O=C(Cc1c[nH]c2ccccc12)N1CCCN(S(=O)(=O)c2ccc(F)cc2)CC1. The van der Waals surface area contributed by atoms with E-state index in [1.54, 1.807) is 4.90 Å². The van der Waals surface area contributed by atoms with Crippen LogP contribution in [0.1, 0.15) is 12.0 Å². The lowest BCUT2D eigenvalue weighted by Crippen LogP contribution is -2.37. The van der Waals surface area contributed by atoms with Gasteiger partial charge in [0.1, 0.15) is 5.82 Å². The molecule has 0 saturated carbocycles. The molecule has 0 radical (unpaired) electrons. The van der Waals surface area contributed by atoms with Crippen molar-refractivity contribution in [2.75, 3.05) is 26.2 Å². The summed E-state index contributed by atoms with van der Waals surface area (Å²) in [5.41, 5.74) is 1.92. The number of H-pyrrole nitrogens is 1. The molecular formula is C21H22FN3O3S. The maximum absolute atomic E-state index is 13.1. The quantitative estimate of drug-likeness (QED) is 0.712. The number of sulfonamides is 1. The van der Waals surface area contributed by atoms with Crippen molar-refractivity contribution < 1.29 is 17.6 Å². The van der Waals surface area contributed by atoms with Crippen molar-refractivity contribution in [3.63, 3.8) is 0 Å². The summed E-state index contributed by atoms with van der Waals surface area (Å²) in [7, 11) is -3.71. The Morgan fingerprint density at radius 3 is 2.55 bits per heavy atom. The summed E-state index contributed by atoms with van der Waals surface area (Å²) in [6.45, 7) is 1.40. The Kier molecular flexibility index (Phi) is 5.38. The third-order valence-electron chi connectivity index (χ3n) is 5.28. The van der Waals surface area contributed by atoms with Gasteiger partial charge in [-0.3, -0.25) is 4.79 Å². The van der Waals surface area contributed by atoms with Gasteiger partial charge in [-0.2, -0.15) is 4.31 Å². The number of benzene rings is 2. The molecule has 6 nitrogen and oxygen atoms in total. The minimum Gasteiger partial charge on any atom is -0.361 e. The van der Waals surface area contributed by atoms with Gasteiger partial charge in [0.05, 0.1) is 11.3 Å². The average Bonchev–Trinajstić information content (AvgIpc) is 2.95. The van der Waals surface area contributed by atoms with Crippen molar-refractivity contribution in [2.45, 2.75) is 17.7 Å². The lowest BCUT2D eigenvalue weighted by Gasteiger charge is -2.22. The van der Waals surface area contributed by atoms with E-state index < -0.39 is 15.8 Å². The van der Waals surface area contributed by atoms with Crippen LogP contribution in [0.4, 0.5) is 4.39 Å². The van der Waals surface area contributed by atoms with Crippen molar-refractivity contribution in [1.29, 1.82) is 0 Å². The molecule has 0 spiro atoms. The first-order valence-electron chi connectivity index (χ1n) is 9.53. The van der Waals surface area contributed by atoms with Gasteiger partial charge in [-0.05, 0) is 42.3 Å². The Balaban J connectivity index is 1.44. The molecule has 0 atom stereocenters. The first kappa shape index (κ1) is 19.6. The summed E-state index contributed by atoms with van der Waals surface area (Å²) in [4.78, 5) is 17.8. The Bertz CT molecular complexity index is 1130. The van der Waals surface area contributed by atoms with Gasteiger partial charge in [-0.15, -0.1) is 0 Å². The standard InChI is InChI=1S/C21H22FN3O3S/c22-17-6-8-18(9-7-17)29(27,28)25-11-3-10-24(12-13-25)21(26)14-16-15-23-20-5-2-1-4-19(16)20/h1-2,4-9,15,23H,3,10-14H2. The van der Waals surface area contributed by atoms with Gasteiger partial charge in [0, 0.05) is 43.3 Å². The second kappa shape index (κ2) is 7.96. The molecule has 1 N–H and O–H groups in total. The van der Waals surface area contributed by atoms with Gasteiger partial charge < -0.3 is 9.88 Å². The first-order valence-corrected chi connectivity index (χ1v) is 11.0. The molecule has 8 heteroatoms. The van der Waals surface area contributed by atoms with Gasteiger partial charge in [-0.25, -0.2) is 12.8 Å². The zero-order valence-corrected chi connectivity index (χ0v) is 16.7. The number of para-hydroxylation sites is 1. The summed E-state index contributed by atoms with van der Waals surface area (Å²) < 4.78 is 40.1. The molecule has 2 heterocycles. The second-order valence-corrected chi connectivity index (χ2v) is 9.07. The number of rotatable bonds is 4. The number of halogens is 1. The fourth-order valence-electron chi connectivity index (χ4n) is 3.69. The van der Waals surface area contributed by atoms with E-state index in [-0.39, 0.29) is 23.8 Å². The van der Waals surface area contributed by atoms with Crippen LogP contribution < -0.4 is 0 Å². The molecule has 4 rings (SSSR count). The minimum atomic E-state index is -3.71. The zero-order chi connectivity index (χ0) is 20.4. The lowest BCUT2D eigenvalue weighted by molar-refractivity contribution is -0.130. The maximum Gasteiger partial charge on any atom is 0.243 e. The van der Waals surface area contributed by atoms with Crippen molar-refractivity contribution in [3.05, 3.63) is 66.1 Å². The molecule has 2 aromatic carbocycles. The van der Waals surface area contributed by atoms with E-state index in [1.165, 1.54) is 16.4 Å². The highest BCUT2D eigenvalue weighted by atomic mass is 32.2. The number of carbonyl (C=O) groups is 1. The van der Waals surface area contributed by atoms with E-state index in [0.717, 1.165) is 28.6 Å². The number of aromatic nitrogens is 1. The number of hydrogen-bond donors (Lipinski definition) is 1. The molecule has 0 unspecified atom stereocenters. The number of nitrogens with zero attached hydrogens (tertiary/aromatic N) is 2. The number of hydrogen-bond acceptors (Lipinski definition) is 3. The second-order valence-electron chi connectivity index (χ2n) is 7.13. The third-order valence-corrected chi connectivity index (χ3v) is 7.19. The van der Waals surface area contributed by atoms with Crippen molar-refractivity contribution in [1.82, 2.24) is 14.2 Å². The molecule has 152 valence electrons. The van der Waals surface area contributed by atoms with E-state index in [1.807, 2.05) is 30.5 Å². The van der Waals surface area contributed by atoms with E-state index >= 15 is 0 Å². The predicted molar refractivity (Wildman–Crippen MR) is 108 cm³/mol. The van der Waals surface area contributed by atoms with Crippen molar-refractivity contribution in [2.24, 2.45) is 0 Å². The molecule has 1 fully saturated rings. The van der Waals surface area contributed by atoms with E-state index in [0.29, 0.717) is 26.1 Å². The van der Waals surface area contributed by atoms with Crippen LogP contribution in [0.25, 0.3) is 10.9 Å². The lowest BCUT2D eigenvalue weighted by atomic mass is 10.1. The van der Waals surface area contributed by atoms with Crippen molar-refractivity contribution in [3.8, 4) is 0 Å². The van der Waals surface area contributed by atoms with E-state index in [9.17, 15) is 17.6 Å². The van der Waals surface area contributed by atoms with Crippen LogP contribution in [0.2, 0.25) is 0 Å². The summed E-state index contributed by atoms with van der Waals surface area (Å²) in [6.07, 6.45) is 2.68. The van der Waals surface area contributed by atoms with Gasteiger partial charge in [-0.1, -0.05) is 18.2 Å². The number of fused-ring (bicyclic) bond motifs is 1. The van der Waals surface area contributed by atoms with Gasteiger partial charge in [0.25, 0.3) is 0 Å². The minimum absolute atomic E-state index is 0.0178. The molecule has 1 aliphatic rings. The van der Waals surface area contributed by atoms with Crippen LogP contribution in [0.3, 0.4) is 0 Å². The van der Waals surface area contributed by atoms with Crippen LogP contribution in [-0.2, 0) is 21.2 Å². The largest absolute Gasteiger partial charge is 0.361 e. The number of aromatic amines is 1. The smallest absolute Gasteiger partial charge is 0.243 e. The summed E-state index contributed by atoms with van der Waals surface area (Å²) in [5.74, 6) is -0.496. The zero-order valence-electron chi connectivity index (χ0n) is 15.8. The highest BCUT2D eigenvalue weighted by Crippen LogP contribution is 2.21. The van der Waals surface area contributed by atoms with Gasteiger partial charge >= 0.3 is 0 Å². The third kappa shape index (κ3) is 4.04. The topological polar surface area (TPSA) is 73.5 Å². The molecule has 1 aliphatic heterocycles. The fraction of sp³-hybridized carbons (Fsp3) is 0.286. The van der Waals surface area contributed by atoms with E-state index in [4.69, 9.17) is 0 Å². The molecule has 1 saturated heterocycles. The molecule has 0 aliphatic carbocycles. The number of nitrogens with one attached hydrogen (secondary N) is 1. The summed E-state index contributed by atoms with van der Waals surface area (Å²) in [5, 5.41) is 1.02. The Morgan fingerprint density at radius 2 is 1.76 bits per heavy atom. The average molecular weight is 415 g/mol. The van der Waals surface area contributed by atoms with Crippen LogP contribution in [0.5, 0.6) is 0 Å². The summed E-state index contributed by atoms with van der Waals surface area (Å²) >= 11 is 0. The molecule has 1 amide bonds. The van der Waals surface area contributed by atoms with Crippen LogP contribution in [0.15, 0.2) is 59.6 Å². The Hall–Kier alpha value is -2.71. The van der Waals surface area contributed by atoms with E-state index in [2.05, 4.69) is 4.98 Å². The maximum atomic E-state index is 13.1. The Morgan fingerprint density at radius 1 is 1.00 bits per heavy atom. The highest BCUT2D eigenvalue weighted by molar-refractivity contribution is 7.89. The number of carbonyl (C=O) groups excluding carboxylic acids is 1. The van der Waals surface area contributed by atoms with Crippen molar-refractivity contribution >= 4 is 26.8 Å². The molecule has 0 bridgehead atoms. The van der Waals surface area contributed by atoms with Crippen LogP contribution in [-0.4, -0.2) is 54.7 Å². The van der Waals surface area contributed by atoms with Crippen LogP contribution in [0, 0.1) is 5.82 Å². The fourth-order valence-corrected chi connectivity index (χ4v) is 5.16. The first-order chi connectivity index (χ1) is 13.9. The van der Waals surface area contributed by atoms with Crippen LogP contribution >= 0.6 is 0 Å². The number of amides is 1.